The topological polar surface area (TPSA) is 51.2 Å². The van der Waals surface area contributed by atoms with Crippen molar-refractivity contribution >= 4 is 32.6 Å². The first-order valence-electron chi connectivity index (χ1n) is 6.65. The molecule has 1 aromatic heterocycles. The zero-order valence-electron chi connectivity index (χ0n) is 11.9. The van der Waals surface area contributed by atoms with E-state index >= 15 is 0 Å². The molecule has 1 heterocycles. The molecule has 1 N–H and O–H groups in total. The number of carbonyl (C=O) groups is 1. The lowest BCUT2D eigenvalue weighted by Gasteiger charge is -2.00. The number of benzene rings is 1. The summed E-state index contributed by atoms with van der Waals surface area (Å²) in [4.78, 5) is 16.3. The standard InChI is InChI=1S/C15H18N2O2S/c1-4-6-10(3)14(18)17-15-16-12-8-7-11(19-5-2)9-13(12)20-15/h6-9H,4-5H2,1-3H3,(H,16,17,18)/b10-6+. The van der Waals surface area contributed by atoms with Gasteiger partial charge in [0, 0.05) is 5.57 Å². The van der Waals surface area contributed by atoms with Crippen LogP contribution in [0.2, 0.25) is 0 Å². The number of nitrogens with one attached hydrogen (secondary N) is 1. The normalized spacial score (nSPS) is 11.7. The van der Waals surface area contributed by atoms with Crippen molar-refractivity contribution in [3.05, 3.63) is 29.8 Å². The van der Waals surface area contributed by atoms with Crippen molar-refractivity contribution in [2.24, 2.45) is 0 Å². The van der Waals surface area contributed by atoms with E-state index in [0.717, 1.165) is 22.4 Å². The maximum atomic E-state index is 11.9. The van der Waals surface area contributed by atoms with E-state index in [1.165, 1.54) is 11.3 Å². The fourth-order valence-corrected chi connectivity index (χ4v) is 2.70. The largest absolute Gasteiger partial charge is 0.494 e. The molecule has 0 saturated carbocycles. The van der Waals surface area contributed by atoms with Crippen LogP contribution in [0.25, 0.3) is 10.2 Å². The van der Waals surface area contributed by atoms with Gasteiger partial charge in [-0.15, -0.1) is 0 Å². The highest BCUT2D eigenvalue weighted by Gasteiger charge is 2.09. The number of hydrogen-bond donors (Lipinski definition) is 1. The number of amides is 1. The highest BCUT2D eigenvalue weighted by molar-refractivity contribution is 7.22. The molecule has 4 nitrogen and oxygen atoms in total. The number of anilines is 1. The van der Waals surface area contributed by atoms with Gasteiger partial charge in [-0.2, -0.15) is 0 Å². The Bertz CT molecular complexity index is 646. The van der Waals surface area contributed by atoms with E-state index in [2.05, 4.69) is 10.3 Å². The molecule has 0 atom stereocenters. The molecular formula is C15H18N2O2S. The monoisotopic (exact) mass is 290 g/mol. The number of rotatable bonds is 5. The van der Waals surface area contributed by atoms with Crippen molar-refractivity contribution < 1.29 is 9.53 Å². The molecule has 2 aromatic rings. The minimum atomic E-state index is -0.101. The second-order valence-corrected chi connectivity index (χ2v) is 5.36. The Morgan fingerprint density at radius 3 is 2.95 bits per heavy atom. The first-order chi connectivity index (χ1) is 9.63. The number of aromatic nitrogens is 1. The summed E-state index contributed by atoms with van der Waals surface area (Å²) in [6.07, 6.45) is 2.74. The Morgan fingerprint density at radius 2 is 2.25 bits per heavy atom. The molecular weight excluding hydrogens is 272 g/mol. The van der Waals surface area contributed by atoms with E-state index in [1.54, 1.807) is 6.92 Å². The molecule has 106 valence electrons. The molecule has 0 saturated heterocycles. The summed E-state index contributed by atoms with van der Waals surface area (Å²) in [5, 5.41) is 3.44. The number of fused-ring (bicyclic) bond motifs is 1. The number of hydrogen-bond acceptors (Lipinski definition) is 4. The molecule has 0 bridgehead atoms. The van der Waals surface area contributed by atoms with Crippen LogP contribution in [-0.2, 0) is 4.79 Å². The minimum Gasteiger partial charge on any atom is -0.494 e. The summed E-state index contributed by atoms with van der Waals surface area (Å²) in [5.41, 5.74) is 1.58. The van der Waals surface area contributed by atoms with Crippen molar-refractivity contribution in [2.75, 3.05) is 11.9 Å². The van der Waals surface area contributed by atoms with Gasteiger partial charge >= 0.3 is 0 Å². The van der Waals surface area contributed by atoms with Crippen LogP contribution in [0.5, 0.6) is 5.75 Å². The number of nitrogens with zero attached hydrogens (tertiary/aromatic N) is 1. The second kappa shape index (κ2) is 6.52. The Balaban J connectivity index is 2.19. The van der Waals surface area contributed by atoms with E-state index in [1.807, 2.05) is 38.1 Å². The predicted octanol–water partition coefficient (Wildman–Crippen LogP) is 3.99. The van der Waals surface area contributed by atoms with Crippen LogP contribution in [0.4, 0.5) is 5.13 Å². The Labute approximate surface area is 122 Å². The van der Waals surface area contributed by atoms with Gasteiger partial charge in [-0.05, 0) is 38.5 Å². The van der Waals surface area contributed by atoms with Gasteiger partial charge in [0.05, 0.1) is 16.8 Å². The lowest BCUT2D eigenvalue weighted by Crippen LogP contribution is -2.12. The summed E-state index contributed by atoms with van der Waals surface area (Å²) in [6, 6.07) is 5.74. The second-order valence-electron chi connectivity index (χ2n) is 4.33. The predicted molar refractivity (Wildman–Crippen MR) is 83.5 cm³/mol. The first kappa shape index (κ1) is 14.5. The van der Waals surface area contributed by atoms with Gasteiger partial charge < -0.3 is 4.74 Å². The van der Waals surface area contributed by atoms with Crippen molar-refractivity contribution in [3.8, 4) is 5.75 Å². The summed E-state index contributed by atoms with van der Waals surface area (Å²) in [5.74, 6) is 0.722. The van der Waals surface area contributed by atoms with Crippen LogP contribution in [-0.4, -0.2) is 17.5 Å². The van der Waals surface area contributed by atoms with E-state index in [9.17, 15) is 4.79 Å². The van der Waals surface area contributed by atoms with Gasteiger partial charge in [-0.25, -0.2) is 4.98 Å². The highest BCUT2D eigenvalue weighted by Crippen LogP contribution is 2.29. The van der Waals surface area contributed by atoms with Crippen molar-refractivity contribution in [1.29, 1.82) is 0 Å². The number of allylic oxidation sites excluding steroid dienone is 1. The van der Waals surface area contributed by atoms with Gasteiger partial charge in [0.15, 0.2) is 5.13 Å². The molecule has 0 aliphatic carbocycles. The highest BCUT2D eigenvalue weighted by atomic mass is 32.1. The number of ether oxygens (including phenoxy) is 1. The van der Waals surface area contributed by atoms with Crippen LogP contribution >= 0.6 is 11.3 Å². The molecule has 20 heavy (non-hydrogen) atoms. The van der Waals surface area contributed by atoms with E-state index in [0.29, 0.717) is 17.3 Å². The van der Waals surface area contributed by atoms with Crippen molar-refractivity contribution in [2.45, 2.75) is 27.2 Å². The lowest BCUT2D eigenvalue weighted by atomic mass is 10.2. The zero-order chi connectivity index (χ0) is 14.5. The molecule has 5 heteroatoms. The fourth-order valence-electron chi connectivity index (χ4n) is 1.81. The van der Waals surface area contributed by atoms with Crippen LogP contribution < -0.4 is 10.1 Å². The zero-order valence-corrected chi connectivity index (χ0v) is 12.7. The van der Waals surface area contributed by atoms with Gasteiger partial charge in [-0.1, -0.05) is 24.3 Å². The van der Waals surface area contributed by atoms with E-state index in [-0.39, 0.29) is 5.91 Å². The molecule has 0 aliphatic heterocycles. The molecule has 0 radical (unpaired) electrons. The van der Waals surface area contributed by atoms with E-state index in [4.69, 9.17) is 4.74 Å². The molecule has 0 unspecified atom stereocenters. The third kappa shape index (κ3) is 3.36. The SMILES string of the molecule is CC/C=C(\C)C(=O)Nc1nc2ccc(OCC)cc2s1. The maximum absolute atomic E-state index is 11.9. The van der Waals surface area contributed by atoms with Gasteiger partial charge in [0.2, 0.25) is 0 Å². The molecule has 0 aliphatic rings. The van der Waals surface area contributed by atoms with Crippen LogP contribution in [0.15, 0.2) is 29.8 Å². The van der Waals surface area contributed by atoms with Crippen LogP contribution in [0.1, 0.15) is 27.2 Å². The van der Waals surface area contributed by atoms with Crippen LogP contribution in [0, 0.1) is 0 Å². The van der Waals surface area contributed by atoms with Crippen LogP contribution in [0.3, 0.4) is 0 Å². The third-order valence-corrected chi connectivity index (χ3v) is 3.69. The number of carbonyl (C=O) groups excluding carboxylic acids is 1. The maximum Gasteiger partial charge on any atom is 0.252 e. The fraction of sp³-hybridized carbons (Fsp3) is 0.333. The summed E-state index contributed by atoms with van der Waals surface area (Å²) in [6.45, 7) is 6.39. The average molecular weight is 290 g/mol. The summed E-state index contributed by atoms with van der Waals surface area (Å²) in [7, 11) is 0. The molecule has 2 rings (SSSR count). The summed E-state index contributed by atoms with van der Waals surface area (Å²) < 4.78 is 6.46. The average Bonchev–Trinajstić information content (AvgIpc) is 2.80. The Hall–Kier alpha value is -1.88. The Kier molecular flexibility index (Phi) is 4.74. The van der Waals surface area contributed by atoms with Gasteiger partial charge in [-0.3, -0.25) is 10.1 Å². The summed E-state index contributed by atoms with van der Waals surface area (Å²) >= 11 is 1.45. The molecule has 0 fully saturated rings. The smallest absolute Gasteiger partial charge is 0.252 e. The first-order valence-corrected chi connectivity index (χ1v) is 7.47. The Morgan fingerprint density at radius 1 is 1.45 bits per heavy atom. The van der Waals surface area contributed by atoms with E-state index < -0.39 is 0 Å². The minimum absolute atomic E-state index is 0.101. The lowest BCUT2D eigenvalue weighted by molar-refractivity contribution is -0.112. The third-order valence-electron chi connectivity index (χ3n) is 2.76. The molecule has 0 spiro atoms. The quantitative estimate of drug-likeness (QED) is 0.847. The van der Waals surface area contributed by atoms with Gasteiger partial charge in [0.25, 0.3) is 5.91 Å². The number of thiazole rings is 1. The molecule has 1 aromatic carbocycles. The molecule has 1 amide bonds. The van der Waals surface area contributed by atoms with Gasteiger partial charge in [0.1, 0.15) is 5.75 Å². The van der Waals surface area contributed by atoms with Crippen molar-refractivity contribution in [1.82, 2.24) is 4.98 Å². The van der Waals surface area contributed by atoms with Crippen molar-refractivity contribution in [3.63, 3.8) is 0 Å².